The number of alkyl carbamates (subject to hydrolysis) is 1. The van der Waals surface area contributed by atoms with E-state index in [-0.39, 0.29) is 0 Å². The summed E-state index contributed by atoms with van der Waals surface area (Å²) in [7, 11) is 0. The van der Waals surface area contributed by atoms with E-state index in [4.69, 9.17) is 18.9 Å². The van der Waals surface area contributed by atoms with Crippen LogP contribution < -0.4 is 5.32 Å². The standard InChI is InChI=1S/C14H29NO5/c1-5-7-17-9-11-19-12-10-18-8-6-15-13(16)20-14(2,3)4/h5-12H2,1-4H3,(H,15,16). The number of hydrogen-bond donors (Lipinski definition) is 1. The van der Waals surface area contributed by atoms with Crippen LogP contribution in [0, 0.1) is 0 Å². The van der Waals surface area contributed by atoms with Gasteiger partial charge in [0.05, 0.1) is 33.0 Å². The fourth-order valence-electron chi connectivity index (χ4n) is 1.23. The molecule has 0 fully saturated rings. The fraction of sp³-hybridized carbons (Fsp3) is 0.929. The molecule has 0 unspecified atom stereocenters. The van der Waals surface area contributed by atoms with E-state index in [0.717, 1.165) is 13.0 Å². The van der Waals surface area contributed by atoms with Gasteiger partial charge in [0.2, 0.25) is 0 Å². The largest absolute Gasteiger partial charge is 0.444 e. The van der Waals surface area contributed by atoms with E-state index in [0.29, 0.717) is 39.6 Å². The van der Waals surface area contributed by atoms with Gasteiger partial charge in [0.15, 0.2) is 0 Å². The Balaban J connectivity index is 3.19. The second-order valence-corrected chi connectivity index (χ2v) is 5.27. The number of rotatable bonds is 11. The second-order valence-electron chi connectivity index (χ2n) is 5.27. The van der Waals surface area contributed by atoms with Gasteiger partial charge in [-0.2, -0.15) is 0 Å². The SMILES string of the molecule is CCCOCCOCCOCCNC(=O)OC(C)(C)C. The fourth-order valence-corrected chi connectivity index (χ4v) is 1.23. The summed E-state index contributed by atoms with van der Waals surface area (Å²) in [6.07, 6.45) is 0.596. The molecule has 0 bridgehead atoms. The average molecular weight is 291 g/mol. The van der Waals surface area contributed by atoms with Gasteiger partial charge in [0.25, 0.3) is 0 Å². The Kier molecular flexibility index (Phi) is 11.4. The lowest BCUT2D eigenvalue weighted by molar-refractivity contribution is 0.0141. The maximum atomic E-state index is 11.3. The van der Waals surface area contributed by atoms with Gasteiger partial charge >= 0.3 is 6.09 Å². The first-order valence-electron chi connectivity index (χ1n) is 7.16. The predicted octanol–water partition coefficient (Wildman–Crippen LogP) is 1.97. The molecule has 0 aromatic heterocycles. The first-order valence-corrected chi connectivity index (χ1v) is 7.16. The van der Waals surface area contributed by atoms with Crippen LogP contribution in [0.15, 0.2) is 0 Å². The third-order valence-electron chi connectivity index (χ3n) is 2.01. The molecule has 6 heteroatoms. The number of carbonyl (C=O) groups excluding carboxylic acids is 1. The molecular formula is C14H29NO5. The predicted molar refractivity (Wildman–Crippen MR) is 77.0 cm³/mol. The summed E-state index contributed by atoms with van der Waals surface area (Å²) in [6.45, 7) is 11.4. The summed E-state index contributed by atoms with van der Waals surface area (Å²) in [6, 6.07) is 0. The monoisotopic (exact) mass is 291 g/mol. The van der Waals surface area contributed by atoms with Gasteiger partial charge in [-0.15, -0.1) is 0 Å². The van der Waals surface area contributed by atoms with E-state index < -0.39 is 11.7 Å². The third kappa shape index (κ3) is 15.2. The minimum atomic E-state index is -0.474. The van der Waals surface area contributed by atoms with Gasteiger partial charge in [0.1, 0.15) is 5.60 Å². The maximum Gasteiger partial charge on any atom is 0.407 e. The van der Waals surface area contributed by atoms with Crippen molar-refractivity contribution in [3.05, 3.63) is 0 Å². The minimum Gasteiger partial charge on any atom is -0.444 e. The summed E-state index contributed by atoms with van der Waals surface area (Å²) in [5, 5.41) is 2.62. The maximum absolute atomic E-state index is 11.3. The van der Waals surface area contributed by atoms with Crippen LogP contribution in [0.1, 0.15) is 34.1 Å². The van der Waals surface area contributed by atoms with E-state index in [1.165, 1.54) is 0 Å². The molecule has 0 aromatic carbocycles. The second kappa shape index (κ2) is 11.9. The van der Waals surface area contributed by atoms with Crippen LogP contribution >= 0.6 is 0 Å². The molecule has 0 aliphatic carbocycles. The van der Waals surface area contributed by atoms with Crippen molar-refractivity contribution >= 4 is 6.09 Å². The Morgan fingerprint density at radius 1 is 0.900 bits per heavy atom. The van der Waals surface area contributed by atoms with E-state index in [2.05, 4.69) is 12.2 Å². The molecule has 0 saturated carbocycles. The number of nitrogens with one attached hydrogen (secondary N) is 1. The van der Waals surface area contributed by atoms with Crippen LogP contribution in [0.25, 0.3) is 0 Å². The Morgan fingerprint density at radius 3 is 1.90 bits per heavy atom. The molecule has 6 nitrogen and oxygen atoms in total. The molecule has 0 atom stereocenters. The highest BCUT2D eigenvalue weighted by atomic mass is 16.6. The number of hydrogen-bond acceptors (Lipinski definition) is 5. The van der Waals surface area contributed by atoms with Gasteiger partial charge in [0, 0.05) is 13.2 Å². The van der Waals surface area contributed by atoms with Crippen molar-refractivity contribution in [3.63, 3.8) is 0 Å². The van der Waals surface area contributed by atoms with Crippen molar-refractivity contribution in [1.29, 1.82) is 0 Å². The molecule has 0 aliphatic heterocycles. The van der Waals surface area contributed by atoms with E-state index >= 15 is 0 Å². The Hall–Kier alpha value is -0.850. The zero-order valence-corrected chi connectivity index (χ0v) is 13.2. The topological polar surface area (TPSA) is 66.0 Å². The average Bonchev–Trinajstić information content (AvgIpc) is 2.34. The van der Waals surface area contributed by atoms with E-state index in [9.17, 15) is 4.79 Å². The van der Waals surface area contributed by atoms with Crippen LogP contribution in [0.4, 0.5) is 4.79 Å². The Labute approximate surface area is 122 Å². The smallest absolute Gasteiger partial charge is 0.407 e. The van der Waals surface area contributed by atoms with Gasteiger partial charge in [-0.1, -0.05) is 6.92 Å². The number of ether oxygens (including phenoxy) is 4. The van der Waals surface area contributed by atoms with Gasteiger partial charge in [-0.3, -0.25) is 0 Å². The molecular weight excluding hydrogens is 262 g/mol. The number of carbonyl (C=O) groups is 1. The lowest BCUT2D eigenvalue weighted by Gasteiger charge is -2.19. The third-order valence-corrected chi connectivity index (χ3v) is 2.01. The van der Waals surface area contributed by atoms with Crippen LogP contribution in [0.5, 0.6) is 0 Å². The van der Waals surface area contributed by atoms with Crippen molar-refractivity contribution in [2.75, 3.05) is 46.2 Å². The van der Waals surface area contributed by atoms with Crippen LogP contribution in [0.3, 0.4) is 0 Å². The van der Waals surface area contributed by atoms with Crippen molar-refractivity contribution < 1.29 is 23.7 Å². The molecule has 0 saturated heterocycles. The molecule has 0 aromatic rings. The summed E-state index contributed by atoms with van der Waals surface area (Å²) in [5.41, 5.74) is -0.474. The van der Waals surface area contributed by atoms with Crippen molar-refractivity contribution in [1.82, 2.24) is 5.32 Å². The van der Waals surface area contributed by atoms with Gasteiger partial charge in [-0.25, -0.2) is 4.79 Å². The molecule has 0 aliphatic rings. The highest BCUT2D eigenvalue weighted by Crippen LogP contribution is 2.05. The number of amides is 1. The zero-order valence-electron chi connectivity index (χ0n) is 13.2. The highest BCUT2D eigenvalue weighted by Gasteiger charge is 2.15. The Bertz CT molecular complexity index is 240. The van der Waals surface area contributed by atoms with Crippen LogP contribution in [0.2, 0.25) is 0 Å². The molecule has 0 spiro atoms. The molecule has 0 rings (SSSR count). The lowest BCUT2D eigenvalue weighted by Crippen LogP contribution is -2.34. The zero-order chi connectivity index (χ0) is 15.3. The summed E-state index contributed by atoms with van der Waals surface area (Å²) in [5.74, 6) is 0. The Morgan fingerprint density at radius 2 is 1.40 bits per heavy atom. The van der Waals surface area contributed by atoms with Crippen LogP contribution in [-0.4, -0.2) is 57.9 Å². The van der Waals surface area contributed by atoms with Gasteiger partial charge < -0.3 is 24.3 Å². The molecule has 20 heavy (non-hydrogen) atoms. The molecule has 0 heterocycles. The highest BCUT2D eigenvalue weighted by molar-refractivity contribution is 5.67. The lowest BCUT2D eigenvalue weighted by atomic mass is 10.2. The quantitative estimate of drug-likeness (QED) is 0.590. The molecule has 0 radical (unpaired) electrons. The minimum absolute atomic E-state index is 0.425. The molecule has 120 valence electrons. The van der Waals surface area contributed by atoms with E-state index in [1.807, 2.05) is 20.8 Å². The van der Waals surface area contributed by atoms with Crippen LogP contribution in [-0.2, 0) is 18.9 Å². The summed E-state index contributed by atoms with van der Waals surface area (Å²) in [4.78, 5) is 11.3. The first kappa shape index (κ1) is 19.1. The summed E-state index contributed by atoms with van der Waals surface area (Å²) >= 11 is 0. The normalized spacial score (nSPS) is 11.4. The van der Waals surface area contributed by atoms with Gasteiger partial charge in [-0.05, 0) is 27.2 Å². The summed E-state index contributed by atoms with van der Waals surface area (Å²) < 4.78 is 21.0. The first-order chi connectivity index (χ1) is 9.45. The van der Waals surface area contributed by atoms with Crippen molar-refractivity contribution in [2.24, 2.45) is 0 Å². The van der Waals surface area contributed by atoms with Crippen molar-refractivity contribution in [3.8, 4) is 0 Å². The van der Waals surface area contributed by atoms with Crippen molar-refractivity contribution in [2.45, 2.75) is 39.7 Å². The van der Waals surface area contributed by atoms with E-state index in [1.54, 1.807) is 0 Å². The molecule has 1 N–H and O–H groups in total. The molecule has 1 amide bonds.